The fourth-order valence-corrected chi connectivity index (χ4v) is 3.02. The van der Waals surface area contributed by atoms with Crippen molar-refractivity contribution in [2.24, 2.45) is 0 Å². The van der Waals surface area contributed by atoms with Crippen LogP contribution < -0.4 is 4.74 Å². The summed E-state index contributed by atoms with van der Waals surface area (Å²) < 4.78 is 10.4. The Morgan fingerprint density at radius 2 is 2.10 bits per heavy atom. The maximum absolute atomic E-state index is 5.25. The molecule has 4 nitrogen and oxygen atoms in total. The van der Waals surface area contributed by atoms with Crippen molar-refractivity contribution in [3.63, 3.8) is 0 Å². The maximum Gasteiger partial charge on any atom is 0.268 e. The van der Waals surface area contributed by atoms with E-state index < -0.39 is 0 Å². The summed E-state index contributed by atoms with van der Waals surface area (Å²) in [5.41, 5.74) is 0. The van der Waals surface area contributed by atoms with Gasteiger partial charge in [-0.3, -0.25) is 0 Å². The summed E-state index contributed by atoms with van der Waals surface area (Å²) >= 11 is 3.26. The monoisotopic (exact) mass is 304 g/mol. The van der Waals surface area contributed by atoms with Gasteiger partial charge in [0.1, 0.15) is 5.75 Å². The van der Waals surface area contributed by atoms with Crippen LogP contribution in [0.5, 0.6) is 5.75 Å². The van der Waals surface area contributed by atoms with E-state index in [9.17, 15) is 0 Å². The molecule has 3 rings (SSSR count). The molecule has 102 valence electrons. The molecule has 1 aromatic carbocycles. The van der Waals surface area contributed by atoms with Crippen molar-refractivity contribution >= 4 is 23.1 Å². The smallest absolute Gasteiger partial charge is 0.268 e. The number of hydrogen-bond acceptors (Lipinski definition) is 6. The summed E-state index contributed by atoms with van der Waals surface area (Å²) in [5.74, 6) is 2.83. The average Bonchev–Trinajstić information content (AvgIpc) is 3.16. The topological polar surface area (TPSA) is 48.2 Å². The van der Waals surface area contributed by atoms with Gasteiger partial charge in [0.15, 0.2) is 5.82 Å². The van der Waals surface area contributed by atoms with Crippen LogP contribution in [0.2, 0.25) is 0 Å². The lowest BCUT2D eigenvalue weighted by Gasteiger charge is -2.01. The van der Waals surface area contributed by atoms with Crippen molar-refractivity contribution in [3.05, 3.63) is 47.6 Å². The Bertz CT molecular complexity index is 663. The molecular weight excluding hydrogens is 292 g/mol. The molecule has 2 aromatic heterocycles. The van der Waals surface area contributed by atoms with E-state index in [0.29, 0.717) is 17.5 Å². The van der Waals surface area contributed by atoms with E-state index >= 15 is 0 Å². The quantitative estimate of drug-likeness (QED) is 0.664. The van der Waals surface area contributed by atoms with Gasteiger partial charge < -0.3 is 9.26 Å². The molecular formula is C14H12N2O2S2. The van der Waals surface area contributed by atoms with E-state index in [1.54, 1.807) is 30.2 Å². The van der Waals surface area contributed by atoms with Gasteiger partial charge in [-0.1, -0.05) is 11.2 Å². The molecule has 0 fully saturated rings. The zero-order chi connectivity index (χ0) is 13.8. The van der Waals surface area contributed by atoms with Crippen LogP contribution >= 0.6 is 23.1 Å². The molecule has 0 atom stereocenters. The molecule has 0 aliphatic heterocycles. The van der Waals surface area contributed by atoms with Gasteiger partial charge in [0.05, 0.1) is 17.7 Å². The van der Waals surface area contributed by atoms with Gasteiger partial charge in [0, 0.05) is 4.90 Å². The van der Waals surface area contributed by atoms with Gasteiger partial charge in [0.2, 0.25) is 0 Å². The minimum Gasteiger partial charge on any atom is -0.497 e. The molecule has 0 aliphatic rings. The van der Waals surface area contributed by atoms with E-state index in [1.165, 1.54) is 0 Å². The largest absolute Gasteiger partial charge is 0.497 e. The summed E-state index contributed by atoms with van der Waals surface area (Å²) in [6.07, 6.45) is 0. The summed E-state index contributed by atoms with van der Waals surface area (Å²) in [6, 6.07) is 11.9. The average molecular weight is 304 g/mol. The van der Waals surface area contributed by atoms with Crippen LogP contribution in [0.15, 0.2) is 51.2 Å². The summed E-state index contributed by atoms with van der Waals surface area (Å²) in [5, 5.41) is 5.99. The van der Waals surface area contributed by atoms with Gasteiger partial charge in [0.25, 0.3) is 5.89 Å². The first-order valence-corrected chi connectivity index (χ1v) is 7.85. The number of methoxy groups -OCH3 is 1. The highest BCUT2D eigenvalue weighted by Gasteiger charge is 2.09. The van der Waals surface area contributed by atoms with E-state index in [4.69, 9.17) is 9.26 Å². The van der Waals surface area contributed by atoms with Crippen LogP contribution in [-0.2, 0) is 5.75 Å². The molecule has 0 radical (unpaired) electrons. The van der Waals surface area contributed by atoms with Crippen molar-refractivity contribution in [2.75, 3.05) is 7.11 Å². The Balaban J connectivity index is 1.63. The molecule has 0 saturated heterocycles. The fraction of sp³-hybridized carbons (Fsp3) is 0.143. The van der Waals surface area contributed by atoms with Gasteiger partial charge in [-0.2, -0.15) is 4.98 Å². The van der Waals surface area contributed by atoms with E-state index in [2.05, 4.69) is 10.1 Å². The number of ether oxygens (including phenoxy) is 1. The number of thioether (sulfide) groups is 1. The van der Waals surface area contributed by atoms with Crippen LogP contribution in [-0.4, -0.2) is 17.3 Å². The highest BCUT2D eigenvalue weighted by atomic mass is 32.2. The second-order valence-electron chi connectivity index (χ2n) is 3.96. The van der Waals surface area contributed by atoms with Crippen LogP contribution in [0, 0.1) is 0 Å². The number of thiophene rings is 1. The van der Waals surface area contributed by atoms with Crippen molar-refractivity contribution in [3.8, 4) is 16.5 Å². The lowest BCUT2D eigenvalue weighted by molar-refractivity contribution is 0.414. The maximum atomic E-state index is 5.25. The normalized spacial score (nSPS) is 10.7. The second-order valence-corrected chi connectivity index (χ2v) is 5.95. The van der Waals surface area contributed by atoms with Gasteiger partial charge in [-0.25, -0.2) is 0 Å². The Hall–Kier alpha value is -1.79. The van der Waals surface area contributed by atoms with Crippen molar-refractivity contribution in [1.29, 1.82) is 0 Å². The predicted octanol–water partition coefficient (Wildman–Crippen LogP) is 4.10. The minimum absolute atomic E-state index is 0.588. The molecule has 20 heavy (non-hydrogen) atoms. The van der Waals surface area contributed by atoms with Gasteiger partial charge >= 0.3 is 0 Å². The Labute approximate surface area is 124 Å². The molecule has 0 spiro atoms. The minimum atomic E-state index is 0.588. The van der Waals surface area contributed by atoms with E-state index in [-0.39, 0.29) is 0 Å². The molecule has 0 aliphatic carbocycles. The second kappa shape index (κ2) is 6.11. The summed E-state index contributed by atoms with van der Waals surface area (Å²) in [7, 11) is 1.66. The molecule has 0 N–H and O–H groups in total. The van der Waals surface area contributed by atoms with Crippen molar-refractivity contribution in [1.82, 2.24) is 10.1 Å². The van der Waals surface area contributed by atoms with E-state index in [1.807, 2.05) is 41.8 Å². The van der Waals surface area contributed by atoms with Crippen molar-refractivity contribution < 1.29 is 9.26 Å². The first-order valence-electron chi connectivity index (χ1n) is 5.98. The van der Waals surface area contributed by atoms with Crippen LogP contribution in [0.3, 0.4) is 0 Å². The zero-order valence-electron chi connectivity index (χ0n) is 10.8. The first-order chi connectivity index (χ1) is 9.85. The Kier molecular flexibility index (Phi) is 4.03. The van der Waals surface area contributed by atoms with Crippen LogP contribution in [0.25, 0.3) is 10.8 Å². The fourth-order valence-electron chi connectivity index (χ4n) is 1.63. The SMILES string of the molecule is COc1ccc(SCc2noc(-c3cccs3)n2)cc1. The zero-order valence-corrected chi connectivity index (χ0v) is 12.4. The van der Waals surface area contributed by atoms with Gasteiger partial charge in [-0.05, 0) is 35.7 Å². The first kappa shape index (κ1) is 13.2. The molecule has 6 heteroatoms. The highest BCUT2D eigenvalue weighted by Crippen LogP contribution is 2.26. The van der Waals surface area contributed by atoms with Crippen molar-refractivity contribution in [2.45, 2.75) is 10.6 Å². The number of benzene rings is 1. The van der Waals surface area contributed by atoms with Crippen LogP contribution in [0.4, 0.5) is 0 Å². The molecule has 0 saturated carbocycles. The lowest BCUT2D eigenvalue weighted by atomic mass is 10.3. The number of nitrogens with zero attached hydrogens (tertiary/aromatic N) is 2. The third-order valence-electron chi connectivity index (χ3n) is 2.63. The molecule has 2 heterocycles. The predicted molar refractivity (Wildman–Crippen MR) is 80.2 cm³/mol. The number of rotatable bonds is 5. The highest BCUT2D eigenvalue weighted by molar-refractivity contribution is 7.98. The molecule has 3 aromatic rings. The third kappa shape index (κ3) is 3.02. The van der Waals surface area contributed by atoms with E-state index in [0.717, 1.165) is 15.5 Å². The standard InChI is InChI=1S/C14H12N2O2S2/c1-17-10-4-6-11(7-5-10)20-9-13-15-14(18-16-13)12-3-2-8-19-12/h2-8H,9H2,1H3. The molecule has 0 bridgehead atoms. The molecule has 0 unspecified atom stereocenters. The number of aromatic nitrogens is 2. The lowest BCUT2D eigenvalue weighted by Crippen LogP contribution is -1.85. The van der Waals surface area contributed by atoms with Gasteiger partial charge in [-0.15, -0.1) is 23.1 Å². The molecule has 0 amide bonds. The number of hydrogen-bond donors (Lipinski definition) is 0. The Morgan fingerprint density at radius 1 is 1.25 bits per heavy atom. The summed E-state index contributed by atoms with van der Waals surface area (Å²) in [6.45, 7) is 0. The van der Waals surface area contributed by atoms with Crippen LogP contribution in [0.1, 0.15) is 5.82 Å². The third-order valence-corrected chi connectivity index (χ3v) is 4.49. The Morgan fingerprint density at radius 3 is 2.80 bits per heavy atom. The summed E-state index contributed by atoms with van der Waals surface area (Å²) in [4.78, 5) is 6.53.